The van der Waals surface area contributed by atoms with Crippen molar-refractivity contribution in [3.05, 3.63) is 59.6 Å². The van der Waals surface area contributed by atoms with Crippen LogP contribution in [-0.2, 0) is 4.74 Å². The van der Waals surface area contributed by atoms with Gasteiger partial charge in [0.15, 0.2) is 11.6 Å². The summed E-state index contributed by atoms with van der Waals surface area (Å²) in [5.74, 6) is 1.73. The summed E-state index contributed by atoms with van der Waals surface area (Å²) in [6.45, 7) is 6.33. The quantitative estimate of drug-likeness (QED) is 0.455. The summed E-state index contributed by atoms with van der Waals surface area (Å²) in [4.78, 5) is 16.5. The Kier molecular flexibility index (Phi) is 6.03. The molecule has 1 saturated heterocycles. The Balaban J connectivity index is 1.50. The predicted octanol–water partition coefficient (Wildman–Crippen LogP) is 4.74. The van der Waals surface area contributed by atoms with E-state index in [9.17, 15) is 0 Å². The first-order chi connectivity index (χ1) is 15.7. The second-order valence-corrected chi connectivity index (χ2v) is 8.26. The fourth-order valence-electron chi connectivity index (χ4n) is 3.77. The monoisotopic (exact) mass is 449 g/mol. The van der Waals surface area contributed by atoms with Crippen LogP contribution in [0, 0.1) is 0 Å². The van der Waals surface area contributed by atoms with E-state index >= 15 is 0 Å². The van der Waals surface area contributed by atoms with Crippen molar-refractivity contribution in [2.75, 3.05) is 38.2 Å². The molecule has 0 saturated carbocycles. The Hall–Kier alpha value is -3.00. The minimum atomic E-state index is 0.322. The summed E-state index contributed by atoms with van der Waals surface area (Å²) >= 11 is 6.03. The van der Waals surface area contributed by atoms with Gasteiger partial charge in [0.2, 0.25) is 17.1 Å². The molecule has 1 N–H and O–H groups in total. The van der Waals surface area contributed by atoms with E-state index in [-0.39, 0.29) is 0 Å². The van der Waals surface area contributed by atoms with E-state index in [1.165, 1.54) is 0 Å². The molecule has 3 heterocycles. The van der Waals surface area contributed by atoms with Crippen molar-refractivity contribution in [2.24, 2.45) is 0 Å². The summed E-state index contributed by atoms with van der Waals surface area (Å²) in [7, 11) is 0. The van der Waals surface area contributed by atoms with Crippen LogP contribution >= 0.6 is 11.6 Å². The number of fused-ring (bicyclic) bond motifs is 1. The van der Waals surface area contributed by atoms with Gasteiger partial charge in [-0.05, 0) is 31.2 Å². The van der Waals surface area contributed by atoms with Crippen LogP contribution in [0.2, 0.25) is 5.02 Å². The first kappa shape index (κ1) is 20.9. The number of hydrogen-bond donors (Lipinski definition) is 1. The highest BCUT2D eigenvalue weighted by molar-refractivity contribution is 6.30. The van der Waals surface area contributed by atoms with Gasteiger partial charge in [-0.15, -0.1) is 0 Å². The van der Waals surface area contributed by atoms with E-state index in [0.717, 1.165) is 44.0 Å². The lowest BCUT2D eigenvalue weighted by molar-refractivity contribution is 0.0227. The Morgan fingerprint density at radius 2 is 1.72 bits per heavy atom. The average molecular weight is 450 g/mol. The number of aromatic nitrogens is 3. The van der Waals surface area contributed by atoms with E-state index in [0.29, 0.717) is 39.8 Å². The lowest BCUT2D eigenvalue weighted by Crippen LogP contribution is -2.45. The van der Waals surface area contributed by atoms with Gasteiger partial charge in [-0.3, -0.25) is 4.90 Å². The molecule has 164 valence electrons. The Morgan fingerprint density at radius 3 is 2.47 bits per heavy atom. The van der Waals surface area contributed by atoms with E-state index in [4.69, 9.17) is 25.7 Å². The van der Waals surface area contributed by atoms with Gasteiger partial charge in [0.25, 0.3) is 0 Å². The molecule has 0 unspecified atom stereocenters. The number of morpholine rings is 1. The van der Waals surface area contributed by atoms with Gasteiger partial charge in [0.1, 0.15) is 0 Å². The highest BCUT2D eigenvalue weighted by atomic mass is 35.5. The van der Waals surface area contributed by atoms with E-state index in [2.05, 4.69) is 27.1 Å². The number of benzene rings is 2. The third-order valence-corrected chi connectivity index (χ3v) is 5.86. The van der Waals surface area contributed by atoms with Crippen LogP contribution in [0.25, 0.3) is 34.1 Å². The molecule has 0 spiro atoms. The minimum Gasteiger partial charge on any atom is -0.430 e. The van der Waals surface area contributed by atoms with E-state index in [1.807, 2.05) is 54.6 Å². The van der Waals surface area contributed by atoms with Gasteiger partial charge in [-0.1, -0.05) is 41.9 Å². The summed E-state index contributed by atoms with van der Waals surface area (Å²) in [5, 5.41) is 4.14. The van der Waals surface area contributed by atoms with Crippen molar-refractivity contribution in [1.82, 2.24) is 19.9 Å². The first-order valence-corrected chi connectivity index (χ1v) is 11.1. The molecular weight excluding hydrogens is 426 g/mol. The van der Waals surface area contributed by atoms with Crippen LogP contribution < -0.4 is 5.32 Å². The molecule has 4 aromatic rings. The van der Waals surface area contributed by atoms with Gasteiger partial charge < -0.3 is 14.5 Å². The molecule has 1 atom stereocenters. The molecule has 2 aromatic carbocycles. The van der Waals surface area contributed by atoms with E-state index in [1.54, 1.807) is 0 Å². The van der Waals surface area contributed by atoms with Crippen molar-refractivity contribution in [1.29, 1.82) is 0 Å². The maximum Gasteiger partial charge on any atom is 0.229 e. The average Bonchev–Trinajstić information content (AvgIpc) is 3.28. The van der Waals surface area contributed by atoms with Crippen molar-refractivity contribution in [3.8, 4) is 22.8 Å². The number of hydrogen-bond acceptors (Lipinski definition) is 7. The molecular formula is C24H24ClN5O2. The molecule has 8 heteroatoms. The normalized spacial score (nSPS) is 15.7. The zero-order chi connectivity index (χ0) is 21.9. The van der Waals surface area contributed by atoms with Gasteiger partial charge >= 0.3 is 0 Å². The number of nitrogens with one attached hydrogen (secondary N) is 1. The zero-order valence-corrected chi connectivity index (χ0v) is 18.5. The molecule has 1 aliphatic heterocycles. The third-order valence-electron chi connectivity index (χ3n) is 5.61. The van der Waals surface area contributed by atoms with Crippen LogP contribution in [-0.4, -0.2) is 58.7 Å². The summed E-state index contributed by atoms with van der Waals surface area (Å²) in [6, 6.07) is 17.6. The summed E-state index contributed by atoms with van der Waals surface area (Å²) < 4.78 is 11.6. The molecule has 1 fully saturated rings. The fourth-order valence-corrected chi connectivity index (χ4v) is 3.89. The highest BCUT2D eigenvalue weighted by Crippen LogP contribution is 2.30. The van der Waals surface area contributed by atoms with Crippen LogP contribution in [0.3, 0.4) is 0 Å². The largest absolute Gasteiger partial charge is 0.430 e. The third kappa shape index (κ3) is 4.46. The molecule has 2 aromatic heterocycles. The first-order valence-electron chi connectivity index (χ1n) is 10.7. The van der Waals surface area contributed by atoms with Gasteiger partial charge in [0.05, 0.1) is 13.2 Å². The number of ether oxygens (including phenoxy) is 1. The number of oxazole rings is 1. The highest BCUT2D eigenvalue weighted by Gasteiger charge is 2.20. The Bertz CT molecular complexity index is 1190. The molecule has 0 amide bonds. The molecule has 0 aliphatic carbocycles. The second kappa shape index (κ2) is 9.24. The van der Waals surface area contributed by atoms with Crippen molar-refractivity contribution >= 4 is 28.6 Å². The molecule has 5 rings (SSSR count). The number of rotatable bonds is 6. The number of nitrogens with zero attached hydrogens (tertiary/aromatic N) is 4. The topological polar surface area (TPSA) is 76.3 Å². The minimum absolute atomic E-state index is 0.322. The summed E-state index contributed by atoms with van der Waals surface area (Å²) in [6.07, 6.45) is 0. The molecule has 7 nitrogen and oxygen atoms in total. The number of anilines is 1. The maximum absolute atomic E-state index is 6.12. The Morgan fingerprint density at radius 1 is 0.969 bits per heavy atom. The van der Waals surface area contributed by atoms with Gasteiger partial charge in [0, 0.05) is 41.8 Å². The smallest absolute Gasteiger partial charge is 0.229 e. The Labute approximate surface area is 191 Å². The maximum atomic E-state index is 6.12. The van der Waals surface area contributed by atoms with Crippen molar-refractivity contribution in [3.63, 3.8) is 0 Å². The van der Waals surface area contributed by atoms with Crippen molar-refractivity contribution < 1.29 is 9.15 Å². The summed E-state index contributed by atoms with van der Waals surface area (Å²) in [5.41, 5.74) is 2.82. The second-order valence-electron chi connectivity index (χ2n) is 7.82. The fraction of sp³-hybridized carbons (Fsp3) is 0.292. The SMILES string of the molecule is C[C@H](CNc1nc(-c2ccccc2)nc2nc(-c3ccc(Cl)cc3)oc12)N1CCOCC1. The van der Waals surface area contributed by atoms with Crippen LogP contribution in [0.1, 0.15) is 6.92 Å². The van der Waals surface area contributed by atoms with Gasteiger partial charge in [-0.2, -0.15) is 4.98 Å². The van der Waals surface area contributed by atoms with E-state index < -0.39 is 0 Å². The van der Waals surface area contributed by atoms with Gasteiger partial charge in [-0.25, -0.2) is 9.97 Å². The van der Waals surface area contributed by atoms with Crippen LogP contribution in [0.15, 0.2) is 59.0 Å². The lowest BCUT2D eigenvalue weighted by atomic mass is 10.2. The molecule has 32 heavy (non-hydrogen) atoms. The van der Waals surface area contributed by atoms with Crippen molar-refractivity contribution in [2.45, 2.75) is 13.0 Å². The molecule has 0 bridgehead atoms. The molecule has 1 aliphatic rings. The lowest BCUT2D eigenvalue weighted by Gasteiger charge is -2.32. The van der Waals surface area contributed by atoms with Crippen LogP contribution in [0.4, 0.5) is 5.82 Å². The van der Waals surface area contributed by atoms with Crippen LogP contribution in [0.5, 0.6) is 0 Å². The standard InChI is InChI=1S/C24H24ClN5O2/c1-16(30-11-13-31-14-12-30)15-26-22-20-23(28-21(27-22)17-5-3-2-4-6-17)29-24(32-20)18-7-9-19(25)10-8-18/h2-10,16H,11-15H2,1H3,(H,26,27,28)/t16-/m1/s1. The zero-order valence-electron chi connectivity index (χ0n) is 17.8. The number of halogens is 1. The molecule has 0 radical (unpaired) electrons. The predicted molar refractivity (Wildman–Crippen MR) is 126 cm³/mol.